The number of rotatable bonds is 5. The number of ether oxygens (including phenoxy) is 1. The van der Waals surface area contributed by atoms with E-state index in [1.165, 1.54) is 27.8 Å². The number of carbonyl (C=O) groups excluding carboxylic acids is 1. The van der Waals surface area contributed by atoms with Gasteiger partial charge in [-0.15, -0.1) is 0 Å². The van der Waals surface area contributed by atoms with Crippen LogP contribution in [-0.4, -0.2) is 58.3 Å². The van der Waals surface area contributed by atoms with Gasteiger partial charge in [-0.3, -0.25) is 9.78 Å². The molecule has 1 aliphatic rings. The number of anilines is 1. The summed E-state index contributed by atoms with van der Waals surface area (Å²) < 4.78 is 5.87. The minimum atomic E-state index is -0.117. The Bertz CT molecular complexity index is 1160. The number of likely N-dealkylation sites (N-methyl/N-ethyl adjacent to an activating group) is 1. The monoisotopic (exact) mass is 432 g/mol. The molecule has 1 aliphatic heterocycles. The number of hydrogen-bond acceptors (Lipinski definition) is 7. The smallest absolute Gasteiger partial charge is 0.258 e. The molecule has 0 fully saturated rings. The Morgan fingerprint density at radius 1 is 1.22 bits per heavy atom. The van der Waals surface area contributed by atoms with Crippen molar-refractivity contribution in [2.24, 2.45) is 0 Å². The minimum Gasteiger partial charge on any atom is -0.470 e. The van der Waals surface area contributed by atoms with E-state index in [1.807, 2.05) is 0 Å². The van der Waals surface area contributed by atoms with E-state index in [4.69, 9.17) is 10.5 Å². The highest BCUT2D eigenvalue weighted by molar-refractivity contribution is 5.93. The van der Waals surface area contributed by atoms with Crippen LogP contribution in [0.5, 0.6) is 5.88 Å². The van der Waals surface area contributed by atoms with Crippen LogP contribution < -0.4 is 10.5 Å². The number of aryl methyl sites for hydroxylation is 1. The molecule has 3 heterocycles. The molecule has 8 heteroatoms. The molecular formula is C24H28N6O2. The molecule has 1 aromatic carbocycles. The molecule has 0 bridgehead atoms. The lowest BCUT2D eigenvalue weighted by Gasteiger charge is -2.27. The summed E-state index contributed by atoms with van der Waals surface area (Å²) in [4.78, 5) is 29.1. The second kappa shape index (κ2) is 8.92. The number of nitrogens with zero attached hydrogens (tertiary/aromatic N) is 5. The van der Waals surface area contributed by atoms with Crippen LogP contribution in [0, 0.1) is 6.92 Å². The van der Waals surface area contributed by atoms with Crippen molar-refractivity contribution in [1.29, 1.82) is 0 Å². The van der Waals surface area contributed by atoms with Crippen LogP contribution in [0.3, 0.4) is 0 Å². The van der Waals surface area contributed by atoms with E-state index in [1.54, 1.807) is 32.6 Å². The fraction of sp³-hybridized carbons (Fsp3) is 0.333. The van der Waals surface area contributed by atoms with Gasteiger partial charge in [-0.1, -0.05) is 0 Å². The predicted octanol–water partition coefficient (Wildman–Crippen LogP) is 2.70. The highest BCUT2D eigenvalue weighted by Gasteiger charge is 2.18. The highest BCUT2D eigenvalue weighted by atomic mass is 16.5. The van der Waals surface area contributed by atoms with E-state index in [2.05, 4.69) is 46.0 Å². The molecule has 1 amide bonds. The number of benzene rings is 1. The average molecular weight is 433 g/mol. The van der Waals surface area contributed by atoms with Crippen molar-refractivity contribution >= 4 is 11.7 Å². The number of fused-ring (bicyclic) bond motifs is 1. The van der Waals surface area contributed by atoms with E-state index in [0.717, 1.165) is 30.6 Å². The second-order valence-corrected chi connectivity index (χ2v) is 8.43. The maximum absolute atomic E-state index is 12.2. The van der Waals surface area contributed by atoms with Gasteiger partial charge in [0.15, 0.2) is 5.82 Å². The van der Waals surface area contributed by atoms with Gasteiger partial charge in [0, 0.05) is 50.7 Å². The van der Waals surface area contributed by atoms with E-state index in [0.29, 0.717) is 11.3 Å². The van der Waals surface area contributed by atoms with Gasteiger partial charge in [0.2, 0.25) is 0 Å². The maximum Gasteiger partial charge on any atom is 0.258 e. The van der Waals surface area contributed by atoms with E-state index in [-0.39, 0.29) is 24.2 Å². The van der Waals surface area contributed by atoms with Gasteiger partial charge in [0.05, 0.1) is 17.5 Å². The van der Waals surface area contributed by atoms with Crippen LogP contribution in [0.4, 0.5) is 5.82 Å². The van der Waals surface area contributed by atoms with Crippen molar-refractivity contribution in [2.45, 2.75) is 26.5 Å². The Balaban J connectivity index is 1.57. The van der Waals surface area contributed by atoms with Gasteiger partial charge in [0.25, 0.3) is 11.8 Å². The maximum atomic E-state index is 12.2. The standard InChI is InChI=1S/C24H28N6O2/c1-15-7-17(9-19-13-30(4)6-5-20(15)19)21-12-27-22(25)23(28-21)32-14-16-8-18(11-26-10-16)24(31)29(2)3/h7-12H,5-6,13-14H2,1-4H3,(H2,25,27). The van der Waals surface area contributed by atoms with Crippen molar-refractivity contribution in [2.75, 3.05) is 33.4 Å². The molecule has 166 valence electrons. The first kappa shape index (κ1) is 21.7. The third-order valence-corrected chi connectivity index (χ3v) is 5.64. The summed E-state index contributed by atoms with van der Waals surface area (Å²) in [6.45, 7) is 4.32. The molecule has 2 aromatic heterocycles. The molecule has 0 unspecified atom stereocenters. The van der Waals surface area contributed by atoms with Crippen LogP contribution in [0.25, 0.3) is 11.3 Å². The molecule has 3 aromatic rings. The van der Waals surface area contributed by atoms with Crippen LogP contribution in [0.1, 0.15) is 32.6 Å². The Morgan fingerprint density at radius 2 is 2.03 bits per heavy atom. The van der Waals surface area contributed by atoms with Crippen LogP contribution in [0.2, 0.25) is 0 Å². The van der Waals surface area contributed by atoms with Gasteiger partial charge >= 0.3 is 0 Å². The number of aromatic nitrogens is 3. The average Bonchev–Trinajstić information content (AvgIpc) is 2.77. The number of carbonyl (C=O) groups is 1. The van der Waals surface area contributed by atoms with Crippen LogP contribution in [0.15, 0.2) is 36.8 Å². The molecule has 2 N–H and O–H groups in total. The Kier molecular flexibility index (Phi) is 6.05. The van der Waals surface area contributed by atoms with Gasteiger partial charge in [-0.25, -0.2) is 9.97 Å². The lowest BCUT2D eigenvalue weighted by molar-refractivity contribution is 0.0827. The van der Waals surface area contributed by atoms with Crippen molar-refractivity contribution in [1.82, 2.24) is 24.8 Å². The summed E-state index contributed by atoms with van der Waals surface area (Å²) in [5.74, 6) is 0.366. The molecule has 0 atom stereocenters. The first-order valence-corrected chi connectivity index (χ1v) is 10.5. The SMILES string of the molecule is Cc1cc(-c2cnc(N)c(OCc3cncc(C(=O)N(C)C)c3)n2)cc2c1CCN(C)C2. The summed E-state index contributed by atoms with van der Waals surface area (Å²) in [5, 5.41) is 0. The first-order valence-electron chi connectivity index (χ1n) is 10.5. The number of nitrogens with two attached hydrogens (primary N) is 1. The Labute approximate surface area is 188 Å². The summed E-state index contributed by atoms with van der Waals surface area (Å²) in [5.41, 5.74) is 13.0. The quantitative estimate of drug-likeness (QED) is 0.662. The van der Waals surface area contributed by atoms with Crippen molar-refractivity contribution < 1.29 is 9.53 Å². The third kappa shape index (κ3) is 4.55. The fourth-order valence-corrected chi connectivity index (χ4v) is 3.93. The molecule has 0 saturated heterocycles. The van der Waals surface area contributed by atoms with E-state index >= 15 is 0 Å². The van der Waals surface area contributed by atoms with Crippen LogP contribution in [-0.2, 0) is 19.6 Å². The Hall–Kier alpha value is -3.52. The molecule has 32 heavy (non-hydrogen) atoms. The van der Waals surface area contributed by atoms with Gasteiger partial charge in [-0.05, 0) is 55.3 Å². The zero-order valence-corrected chi connectivity index (χ0v) is 18.9. The molecular weight excluding hydrogens is 404 g/mol. The van der Waals surface area contributed by atoms with Crippen molar-refractivity contribution in [3.05, 3.63) is 64.6 Å². The molecule has 0 aliphatic carbocycles. The molecule has 8 nitrogen and oxygen atoms in total. The zero-order valence-electron chi connectivity index (χ0n) is 18.9. The summed E-state index contributed by atoms with van der Waals surface area (Å²) in [7, 11) is 5.54. The van der Waals surface area contributed by atoms with Crippen molar-refractivity contribution in [3.63, 3.8) is 0 Å². The van der Waals surface area contributed by atoms with Crippen molar-refractivity contribution in [3.8, 4) is 17.1 Å². The predicted molar refractivity (Wildman–Crippen MR) is 123 cm³/mol. The van der Waals surface area contributed by atoms with Gasteiger partial charge in [0.1, 0.15) is 6.61 Å². The molecule has 4 rings (SSSR count). The minimum absolute atomic E-state index is 0.117. The van der Waals surface area contributed by atoms with Gasteiger partial charge < -0.3 is 20.3 Å². The van der Waals surface area contributed by atoms with E-state index in [9.17, 15) is 4.79 Å². The molecule has 0 spiro atoms. The largest absolute Gasteiger partial charge is 0.470 e. The van der Waals surface area contributed by atoms with Crippen LogP contribution >= 0.6 is 0 Å². The Morgan fingerprint density at radius 3 is 2.81 bits per heavy atom. The summed E-state index contributed by atoms with van der Waals surface area (Å²) >= 11 is 0. The fourth-order valence-electron chi connectivity index (χ4n) is 3.93. The highest BCUT2D eigenvalue weighted by Crippen LogP contribution is 2.30. The zero-order chi connectivity index (χ0) is 22.8. The lowest BCUT2D eigenvalue weighted by Crippen LogP contribution is -2.27. The summed E-state index contributed by atoms with van der Waals surface area (Å²) in [6, 6.07) is 6.09. The first-order chi connectivity index (χ1) is 15.3. The van der Waals surface area contributed by atoms with Gasteiger partial charge in [-0.2, -0.15) is 0 Å². The molecule has 0 radical (unpaired) electrons. The number of hydrogen-bond donors (Lipinski definition) is 1. The number of amides is 1. The number of pyridine rings is 1. The third-order valence-electron chi connectivity index (χ3n) is 5.64. The van der Waals surface area contributed by atoms with E-state index < -0.39 is 0 Å². The lowest BCUT2D eigenvalue weighted by atomic mass is 9.92. The molecule has 0 saturated carbocycles. The summed E-state index contributed by atoms with van der Waals surface area (Å²) in [6.07, 6.45) is 5.93. The topological polar surface area (TPSA) is 97.5 Å². The number of nitrogen functional groups attached to an aromatic ring is 1. The second-order valence-electron chi connectivity index (χ2n) is 8.43. The normalized spacial score (nSPS) is 13.5.